The number of hydrogen-bond acceptors (Lipinski definition) is 4. The largest absolute Gasteiger partial charge is 0.495 e. The number of halogens is 1. The Kier molecular flexibility index (Phi) is 3.30. The van der Waals surface area contributed by atoms with Crippen molar-refractivity contribution in [2.45, 2.75) is 26.4 Å². The van der Waals surface area contributed by atoms with Crippen LogP contribution < -0.4 is 9.47 Å². The maximum absolute atomic E-state index is 6.21. The molecule has 0 unspecified atom stereocenters. The van der Waals surface area contributed by atoms with Crippen LogP contribution in [0.4, 0.5) is 0 Å². The van der Waals surface area contributed by atoms with Crippen molar-refractivity contribution in [3.05, 3.63) is 23.5 Å². The van der Waals surface area contributed by atoms with Gasteiger partial charge in [-0.2, -0.15) is 0 Å². The summed E-state index contributed by atoms with van der Waals surface area (Å²) in [6.07, 6.45) is 1.44. The van der Waals surface area contributed by atoms with Crippen molar-refractivity contribution in [2.75, 3.05) is 7.11 Å². The summed E-state index contributed by atoms with van der Waals surface area (Å²) < 4.78 is 11.0. The summed E-state index contributed by atoms with van der Waals surface area (Å²) in [5.41, 5.74) is 0.304. The lowest BCUT2D eigenvalue weighted by Gasteiger charge is -2.21. The average molecular weight is 267 g/mol. The van der Waals surface area contributed by atoms with Crippen LogP contribution in [0.2, 0.25) is 5.02 Å². The number of methoxy groups -OCH3 is 1. The zero-order valence-corrected chi connectivity index (χ0v) is 11.6. The molecule has 0 saturated carbocycles. The van der Waals surface area contributed by atoms with Crippen molar-refractivity contribution < 1.29 is 9.47 Å². The molecule has 2 rings (SSSR count). The molecule has 0 bridgehead atoms. The van der Waals surface area contributed by atoms with E-state index in [1.165, 1.54) is 6.33 Å². The number of hydrogen-bond donors (Lipinski definition) is 0. The molecular formula is C13H15ClN2O2. The van der Waals surface area contributed by atoms with Crippen LogP contribution in [0.15, 0.2) is 18.5 Å². The van der Waals surface area contributed by atoms with Crippen LogP contribution in [-0.4, -0.2) is 22.7 Å². The Morgan fingerprint density at radius 1 is 1.17 bits per heavy atom. The molecule has 1 heterocycles. The second-order valence-electron chi connectivity index (χ2n) is 4.87. The summed E-state index contributed by atoms with van der Waals surface area (Å²) in [4.78, 5) is 8.33. The van der Waals surface area contributed by atoms with Gasteiger partial charge in [-0.15, -0.1) is 0 Å². The van der Waals surface area contributed by atoms with Crippen LogP contribution in [-0.2, 0) is 0 Å². The number of rotatable bonds is 2. The molecule has 0 radical (unpaired) electrons. The lowest BCUT2D eigenvalue weighted by Crippen LogP contribution is -2.23. The third-order valence-corrected chi connectivity index (χ3v) is 2.66. The fraction of sp³-hybridized carbons (Fsp3) is 0.385. The zero-order valence-electron chi connectivity index (χ0n) is 10.8. The summed E-state index contributed by atoms with van der Waals surface area (Å²) in [5, 5.41) is 1.24. The number of benzene rings is 1. The number of aromatic nitrogens is 2. The van der Waals surface area contributed by atoms with Gasteiger partial charge in [-0.05, 0) is 32.9 Å². The van der Waals surface area contributed by atoms with E-state index in [-0.39, 0.29) is 5.60 Å². The minimum absolute atomic E-state index is 0.326. The van der Waals surface area contributed by atoms with E-state index in [0.717, 1.165) is 5.39 Å². The van der Waals surface area contributed by atoms with E-state index in [2.05, 4.69) is 9.97 Å². The summed E-state index contributed by atoms with van der Waals surface area (Å²) in [6, 6.07) is 3.63. The predicted octanol–water partition coefficient (Wildman–Crippen LogP) is 3.47. The molecule has 0 aliphatic rings. The summed E-state index contributed by atoms with van der Waals surface area (Å²) in [5.74, 6) is 1.11. The molecule has 0 aliphatic carbocycles. The van der Waals surface area contributed by atoms with Gasteiger partial charge >= 0.3 is 0 Å². The Morgan fingerprint density at radius 3 is 2.50 bits per heavy atom. The van der Waals surface area contributed by atoms with Gasteiger partial charge in [-0.3, -0.25) is 0 Å². The van der Waals surface area contributed by atoms with Crippen LogP contribution in [0.25, 0.3) is 10.9 Å². The Balaban J connectivity index is 2.61. The number of nitrogens with zero attached hydrogens (tertiary/aromatic N) is 2. The van der Waals surface area contributed by atoms with E-state index >= 15 is 0 Å². The Morgan fingerprint density at radius 2 is 1.89 bits per heavy atom. The molecule has 0 aliphatic heterocycles. The minimum Gasteiger partial charge on any atom is -0.495 e. The van der Waals surface area contributed by atoms with E-state index in [1.54, 1.807) is 13.2 Å². The van der Waals surface area contributed by atoms with Gasteiger partial charge in [0.1, 0.15) is 22.7 Å². The number of fused-ring (bicyclic) bond motifs is 1. The van der Waals surface area contributed by atoms with Crippen molar-refractivity contribution in [1.82, 2.24) is 9.97 Å². The highest BCUT2D eigenvalue weighted by molar-refractivity contribution is 6.36. The normalized spacial score (nSPS) is 11.6. The summed E-state index contributed by atoms with van der Waals surface area (Å²) in [7, 11) is 1.57. The fourth-order valence-corrected chi connectivity index (χ4v) is 1.87. The standard InChI is InChI=1S/C13H15ClN2O2/c1-13(2,3)18-12-8-5-6-9(17-4)10(14)11(8)15-7-16-12/h5-7H,1-4H3. The van der Waals surface area contributed by atoms with Gasteiger partial charge in [-0.25, -0.2) is 9.97 Å². The van der Waals surface area contributed by atoms with Crippen LogP contribution in [0, 0.1) is 0 Å². The smallest absolute Gasteiger partial charge is 0.225 e. The molecular weight excluding hydrogens is 252 g/mol. The predicted molar refractivity (Wildman–Crippen MR) is 71.5 cm³/mol. The van der Waals surface area contributed by atoms with Crippen molar-refractivity contribution in [3.63, 3.8) is 0 Å². The monoisotopic (exact) mass is 266 g/mol. The first-order valence-corrected chi connectivity index (χ1v) is 5.96. The molecule has 96 valence electrons. The second-order valence-corrected chi connectivity index (χ2v) is 5.25. The first-order chi connectivity index (χ1) is 8.42. The highest BCUT2D eigenvalue weighted by Crippen LogP contribution is 2.35. The van der Waals surface area contributed by atoms with E-state index in [4.69, 9.17) is 21.1 Å². The molecule has 0 atom stereocenters. The van der Waals surface area contributed by atoms with E-state index in [1.807, 2.05) is 26.8 Å². The Bertz CT molecular complexity index is 579. The topological polar surface area (TPSA) is 44.2 Å². The minimum atomic E-state index is -0.326. The molecule has 18 heavy (non-hydrogen) atoms. The van der Waals surface area contributed by atoms with E-state index in [0.29, 0.717) is 22.2 Å². The van der Waals surface area contributed by atoms with Crippen molar-refractivity contribution in [2.24, 2.45) is 0 Å². The van der Waals surface area contributed by atoms with Gasteiger partial charge in [0, 0.05) is 0 Å². The van der Waals surface area contributed by atoms with Crippen LogP contribution in [0.1, 0.15) is 20.8 Å². The van der Waals surface area contributed by atoms with Gasteiger partial charge in [0.05, 0.1) is 18.0 Å². The first kappa shape index (κ1) is 12.9. The molecule has 5 heteroatoms. The molecule has 0 fully saturated rings. The van der Waals surface area contributed by atoms with Crippen molar-refractivity contribution in [3.8, 4) is 11.6 Å². The van der Waals surface area contributed by atoms with Crippen LogP contribution in [0.3, 0.4) is 0 Å². The van der Waals surface area contributed by atoms with E-state index < -0.39 is 0 Å². The third kappa shape index (κ3) is 2.48. The molecule has 0 saturated heterocycles. The van der Waals surface area contributed by atoms with Crippen molar-refractivity contribution in [1.29, 1.82) is 0 Å². The van der Waals surface area contributed by atoms with Gasteiger partial charge in [0.2, 0.25) is 5.88 Å². The average Bonchev–Trinajstić information content (AvgIpc) is 2.28. The van der Waals surface area contributed by atoms with Crippen LogP contribution >= 0.6 is 11.6 Å². The maximum Gasteiger partial charge on any atom is 0.225 e. The number of ether oxygens (including phenoxy) is 2. The highest BCUT2D eigenvalue weighted by atomic mass is 35.5. The quantitative estimate of drug-likeness (QED) is 0.835. The molecule has 4 nitrogen and oxygen atoms in total. The lowest BCUT2D eigenvalue weighted by molar-refractivity contribution is 0.126. The van der Waals surface area contributed by atoms with Gasteiger partial charge in [0.25, 0.3) is 0 Å². The lowest BCUT2D eigenvalue weighted by atomic mass is 10.2. The molecule has 1 aromatic carbocycles. The Labute approximate surface area is 111 Å². The SMILES string of the molecule is COc1ccc2c(OC(C)(C)C)ncnc2c1Cl. The van der Waals surface area contributed by atoms with Crippen molar-refractivity contribution >= 4 is 22.5 Å². The molecule has 1 aromatic heterocycles. The first-order valence-electron chi connectivity index (χ1n) is 5.58. The zero-order chi connectivity index (χ0) is 13.3. The summed E-state index contributed by atoms with van der Waals surface area (Å²) in [6.45, 7) is 5.89. The highest BCUT2D eigenvalue weighted by Gasteiger charge is 2.17. The molecule has 0 N–H and O–H groups in total. The fourth-order valence-electron chi connectivity index (χ4n) is 1.58. The molecule has 0 amide bonds. The third-order valence-electron chi connectivity index (χ3n) is 2.30. The van der Waals surface area contributed by atoms with Crippen LogP contribution in [0.5, 0.6) is 11.6 Å². The Hall–Kier alpha value is -1.55. The maximum atomic E-state index is 6.21. The van der Waals surface area contributed by atoms with Gasteiger partial charge < -0.3 is 9.47 Å². The van der Waals surface area contributed by atoms with Gasteiger partial charge in [-0.1, -0.05) is 11.6 Å². The van der Waals surface area contributed by atoms with E-state index in [9.17, 15) is 0 Å². The summed E-state index contributed by atoms with van der Waals surface area (Å²) >= 11 is 6.21. The molecule has 2 aromatic rings. The molecule has 0 spiro atoms. The van der Waals surface area contributed by atoms with Gasteiger partial charge in [0.15, 0.2) is 0 Å². The second kappa shape index (κ2) is 4.61.